The van der Waals surface area contributed by atoms with E-state index in [9.17, 15) is 0 Å². The number of benzene rings is 1. The molecule has 4 nitrogen and oxygen atoms in total. The van der Waals surface area contributed by atoms with E-state index in [1.165, 1.54) is 24.8 Å². The highest BCUT2D eigenvalue weighted by molar-refractivity contribution is 6.30. The molecular weight excluding hydrogens is 296 g/mol. The van der Waals surface area contributed by atoms with Gasteiger partial charge in [0, 0.05) is 23.3 Å². The highest BCUT2D eigenvalue weighted by atomic mass is 35.5. The molecule has 2 aromatic rings. The summed E-state index contributed by atoms with van der Waals surface area (Å²) in [5, 5.41) is 0.769. The van der Waals surface area contributed by atoms with Gasteiger partial charge in [-0.25, -0.2) is 4.98 Å². The Morgan fingerprint density at radius 3 is 2.64 bits per heavy atom. The van der Waals surface area contributed by atoms with Gasteiger partial charge in [-0.2, -0.15) is 4.98 Å². The summed E-state index contributed by atoms with van der Waals surface area (Å²) in [5.41, 5.74) is 8.03. The minimum absolute atomic E-state index is 0.313. The summed E-state index contributed by atoms with van der Waals surface area (Å²) in [6, 6.07) is 10.5. The monoisotopic (exact) mass is 316 g/mol. The molecule has 22 heavy (non-hydrogen) atoms. The summed E-state index contributed by atoms with van der Waals surface area (Å²) in [6.45, 7) is 2.94. The lowest BCUT2D eigenvalue weighted by Gasteiger charge is -2.31. The van der Waals surface area contributed by atoms with Crippen LogP contribution in [0.15, 0.2) is 30.3 Å². The summed E-state index contributed by atoms with van der Waals surface area (Å²) in [7, 11) is 0. The first-order valence-electron chi connectivity index (χ1n) is 7.77. The first-order valence-corrected chi connectivity index (χ1v) is 8.14. The first kappa shape index (κ1) is 15.1. The average molecular weight is 317 g/mol. The number of aromatic nitrogens is 2. The van der Waals surface area contributed by atoms with Gasteiger partial charge in [-0.3, -0.25) is 0 Å². The van der Waals surface area contributed by atoms with Crippen molar-refractivity contribution in [3.63, 3.8) is 0 Å². The SMILES string of the molecule is Cc1cc(N2CCCCCC2c2ccc(Cl)cc2)nc(N)n1. The standard InChI is InChI=1S/C17H21ClN4/c1-12-11-16(21-17(19)20-12)22-10-4-2-3-5-15(22)13-6-8-14(18)9-7-13/h6-9,11,15H,2-5,10H2,1H3,(H2,19,20,21). The molecular formula is C17H21ClN4. The fourth-order valence-corrected chi connectivity index (χ4v) is 3.26. The van der Waals surface area contributed by atoms with E-state index < -0.39 is 0 Å². The van der Waals surface area contributed by atoms with Gasteiger partial charge in [0.25, 0.3) is 0 Å². The smallest absolute Gasteiger partial charge is 0.222 e. The van der Waals surface area contributed by atoms with E-state index in [1.54, 1.807) is 0 Å². The maximum Gasteiger partial charge on any atom is 0.222 e. The second-order valence-corrected chi connectivity index (χ2v) is 6.27. The van der Waals surface area contributed by atoms with Gasteiger partial charge in [0.1, 0.15) is 5.82 Å². The van der Waals surface area contributed by atoms with Gasteiger partial charge in [0.2, 0.25) is 5.95 Å². The summed E-state index contributed by atoms with van der Waals surface area (Å²) >= 11 is 6.03. The number of hydrogen-bond acceptors (Lipinski definition) is 4. The van der Waals surface area contributed by atoms with E-state index in [0.717, 1.165) is 29.5 Å². The zero-order valence-electron chi connectivity index (χ0n) is 12.8. The van der Waals surface area contributed by atoms with Crippen molar-refractivity contribution in [3.05, 3.63) is 46.6 Å². The van der Waals surface area contributed by atoms with E-state index in [-0.39, 0.29) is 0 Å². The Kier molecular flexibility index (Phi) is 4.48. The normalized spacial score (nSPS) is 19.0. The molecule has 2 N–H and O–H groups in total. The Balaban J connectivity index is 1.98. The van der Waals surface area contributed by atoms with Crippen molar-refractivity contribution in [1.29, 1.82) is 0 Å². The van der Waals surface area contributed by atoms with E-state index in [1.807, 2.05) is 25.1 Å². The zero-order chi connectivity index (χ0) is 15.5. The number of rotatable bonds is 2. The minimum Gasteiger partial charge on any atom is -0.368 e. The molecule has 1 unspecified atom stereocenters. The molecule has 0 aliphatic carbocycles. The van der Waals surface area contributed by atoms with Gasteiger partial charge in [0.05, 0.1) is 6.04 Å². The van der Waals surface area contributed by atoms with E-state index in [4.69, 9.17) is 17.3 Å². The van der Waals surface area contributed by atoms with Crippen molar-refractivity contribution in [1.82, 2.24) is 9.97 Å². The van der Waals surface area contributed by atoms with Crippen LogP contribution in [0.5, 0.6) is 0 Å². The number of hydrogen-bond donors (Lipinski definition) is 1. The second-order valence-electron chi connectivity index (χ2n) is 5.84. The van der Waals surface area contributed by atoms with E-state index >= 15 is 0 Å². The summed E-state index contributed by atoms with van der Waals surface area (Å²) in [6.07, 6.45) is 4.76. The van der Waals surface area contributed by atoms with Crippen molar-refractivity contribution < 1.29 is 0 Å². The van der Waals surface area contributed by atoms with Crippen LogP contribution in [-0.2, 0) is 0 Å². The number of anilines is 2. The maximum atomic E-state index is 6.03. The van der Waals surface area contributed by atoms with Crippen LogP contribution in [0, 0.1) is 6.92 Å². The largest absolute Gasteiger partial charge is 0.368 e. The van der Waals surface area contributed by atoms with E-state index in [0.29, 0.717) is 12.0 Å². The molecule has 0 saturated carbocycles. The fraction of sp³-hybridized carbons (Fsp3) is 0.412. The van der Waals surface area contributed by atoms with E-state index in [2.05, 4.69) is 27.0 Å². The van der Waals surface area contributed by atoms with Crippen LogP contribution in [0.4, 0.5) is 11.8 Å². The lowest BCUT2D eigenvalue weighted by molar-refractivity contribution is 0.596. The van der Waals surface area contributed by atoms with Crippen LogP contribution < -0.4 is 10.6 Å². The Hall–Kier alpha value is -1.81. The third-order valence-corrected chi connectivity index (χ3v) is 4.41. The highest BCUT2D eigenvalue weighted by Gasteiger charge is 2.24. The Bertz CT molecular complexity index is 621. The van der Waals surface area contributed by atoms with Gasteiger partial charge < -0.3 is 10.6 Å². The lowest BCUT2D eigenvalue weighted by Crippen LogP contribution is -2.29. The lowest BCUT2D eigenvalue weighted by atomic mass is 10.0. The van der Waals surface area contributed by atoms with Gasteiger partial charge in [-0.15, -0.1) is 0 Å². The first-order chi connectivity index (χ1) is 10.6. The summed E-state index contributed by atoms with van der Waals surface area (Å²) in [5.74, 6) is 1.26. The average Bonchev–Trinajstić information content (AvgIpc) is 2.73. The Morgan fingerprint density at radius 2 is 1.91 bits per heavy atom. The molecule has 1 saturated heterocycles. The molecule has 0 radical (unpaired) electrons. The maximum absolute atomic E-state index is 6.03. The van der Waals surface area contributed by atoms with Gasteiger partial charge in [0.15, 0.2) is 0 Å². The van der Waals surface area contributed by atoms with Crippen molar-refractivity contribution in [2.75, 3.05) is 17.2 Å². The number of halogens is 1. The topological polar surface area (TPSA) is 55.0 Å². The van der Waals surface area contributed by atoms with Crippen LogP contribution in [0.2, 0.25) is 5.02 Å². The molecule has 0 bridgehead atoms. The predicted octanol–water partition coefficient (Wildman–Crippen LogP) is 4.14. The zero-order valence-corrected chi connectivity index (χ0v) is 13.6. The predicted molar refractivity (Wildman–Crippen MR) is 91.2 cm³/mol. The van der Waals surface area contributed by atoms with Crippen molar-refractivity contribution in [3.8, 4) is 0 Å². The third-order valence-electron chi connectivity index (χ3n) is 4.16. The van der Waals surface area contributed by atoms with Gasteiger partial charge in [-0.1, -0.05) is 36.6 Å². The molecule has 1 fully saturated rings. The highest BCUT2D eigenvalue weighted by Crippen LogP contribution is 2.34. The number of nitrogens with two attached hydrogens (primary N) is 1. The third kappa shape index (κ3) is 3.33. The Morgan fingerprint density at radius 1 is 1.14 bits per heavy atom. The van der Waals surface area contributed by atoms with Crippen LogP contribution in [0.1, 0.15) is 43.0 Å². The van der Waals surface area contributed by atoms with Crippen molar-refractivity contribution in [2.45, 2.75) is 38.6 Å². The number of nitrogen functional groups attached to an aromatic ring is 1. The molecule has 1 aliphatic heterocycles. The van der Waals surface area contributed by atoms with Gasteiger partial charge in [-0.05, 0) is 37.5 Å². The van der Waals surface area contributed by atoms with Crippen LogP contribution >= 0.6 is 11.6 Å². The van der Waals surface area contributed by atoms with Crippen LogP contribution in [0.3, 0.4) is 0 Å². The molecule has 0 amide bonds. The number of nitrogens with zero attached hydrogens (tertiary/aromatic N) is 3. The van der Waals surface area contributed by atoms with Crippen molar-refractivity contribution in [2.24, 2.45) is 0 Å². The summed E-state index contributed by atoms with van der Waals surface area (Å²) < 4.78 is 0. The molecule has 1 aromatic heterocycles. The minimum atomic E-state index is 0.313. The molecule has 1 aromatic carbocycles. The molecule has 0 spiro atoms. The molecule has 5 heteroatoms. The molecule has 3 rings (SSSR count). The molecule has 2 heterocycles. The van der Waals surface area contributed by atoms with Gasteiger partial charge >= 0.3 is 0 Å². The fourth-order valence-electron chi connectivity index (χ4n) is 3.14. The Labute approximate surface area is 136 Å². The quantitative estimate of drug-likeness (QED) is 0.904. The molecule has 1 atom stereocenters. The van der Waals surface area contributed by atoms with Crippen molar-refractivity contribution >= 4 is 23.4 Å². The molecule has 116 valence electrons. The number of aryl methyl sites for hydroxylation is 1. The van der Waals surface area contributed by atoms with Crippen LogP contribution in [0.25, 0.3) is 0 Å². The second kappa shape index (κ2) is 6.53. The molecule has 1 aliphatic rings. The summed E-state index contributed by atoms with van der Waals surface area (Å²) in [4.78, 5) is 11.0. The van der Waals surface area contributed by atoms with Crippen LogP contribution in [-0.4, -0.2) is 16.5 Å².